The van der Waals surface area contributed by atoms with E-state index in [1.807, 2.05) is 7.05 Å². The van der Waals surface area contributed by atoms with Gasteiger partial charge in [-0.15, -0.1) is 11.8 Å². The van der Waals surface area contributed by atoms with Crippen molar-refractivity contribution < 1.29 is 13.2 Å². The molecule has 0 radical (unpaired) electrons. The van der Waals surface area contributed by atoms with Gasteiger partial charge in [0, 0.05) is 12.5 Å². The van der Waals surface area contributed by atoms with Gasteiger partial charge in [0.05, 0.1) is 5.56 Å². The van der Waals surface area contributed by atoms with E-state index >= 15 is 0 Å². The molecule has 1 atom stereocenters. The fourth-order valence-corrected chi connectivity index (χ4v) is 1.88. The lowest BCUT2D eigenvalue weighted by molar-refractivity contribution is -0.137. The topological polar surface area (TPSA) is 12.0 Å². The molecule has 1 aromatic carbocycles. The van der Waals surface area contributed by atoms with Crippen LogP contribution in [0.25, 0.3) is 0 Å². The van der Waals surface area contributed by atoms with Gasteiger partial charge >= 0.3 is 6.18 Å². The molecule has 0 fully saturated rings. The summed E-state index contributed by atoms with van der Waals surface area (Å²) in [4.78, 5) is 0. The number of halogens is 3. The number of rotatable bonds is 5. The molecule has 0 aliphatic rings. The van der Waals surface area contributed by atoms with E-state index in [1.54, 1.807) is 13.0 Å². The molecule has 0 spiro atoms. The van der Waals surface area contributed by atoms with Crippen molar-refractivity contribution in [1.29, 1.82) is 0 Å². The molecule has 0 aliphatic heterocycles. The predicted octanol–water partition coefficient (Wildman–Crippen LogP) is 3.64. The van der Waals surface area contributed by atoms with Crippen LogP contribution in [0.3, 0.4) is 0 Å². The van der Waals surface area contributed by atoms with Gasteiger partial charge in [0.1, 0.15) is 0 Å². The maximum absolute atomic E-state index is 12.6. The first-order chi connectivity index (χ1) is 8.97. The molecule has 4 heteroatoms. The first-order valence-electron chi connectivity index (χ1n) is 6.20. The zero-order valence-electron chi connectivity index (χ0n) is 11.1. The Labute approximate surface area is 112 Å². The number of nitrogens with one attached hydrogen (secondary N) is 1. The molecule has 1 N–H and O–H groups in total. The van der Waals surface area contributed by atoms with Crippen molar-refractivity contribution in [2.24, 2.45) is 0 Å². The van der Waals surface area contributed by atoms with Crippen LogP contribution >= 0.6 is 0 Å². The summed E-state index contributed by atoms with van der Waals surface area (Å²) < 4.78 is 37.8. The number of hydrogen-bond acceptors (Lipinski definition) is 1. The van der Waals surface area contributed by atoms with E-state index < -0.39 is 11.7 Å². The Morgan fingerprint density at radius 2 is 2.05 bits per heavy atom. The standard InChI is InChI=1S/C15H18F3N/c1-3-4-5-9-14(19-2)11-12-7-6-8-13(10-12)15(16,17)18/h6-8,10,14,19H,5,9,11H2,1-2H3. The van der Waals surface area contributed by atoms with Crippen molar-refractivity contribution in [2.45, 2.75) is 38.4 Å². The largest absolute Gasteiger partial charge is 0.416 e. The zero-order chi connectivity index (χ0) is 14.3. The van der Waals surface area contributed by atoms with E-state index in [1.165, 1.54) is 12.1 Å². The maximum Gasteiger partial charge on any atom is 0.416 e. The Morgan fingerprint density at radius 1 is 1.32 bits per heavy atom. The Morgan fingerprint density at radius 3 is 2.63 bits per heavy atom. The summed E-state index contributed by atoms with van der Waals surface area (Å²) in [7, 11) is 1.82. The lowest BCUT2D eigenvalue weighted by Crippen LogP contribution is -2.27. The van der Waals surface area contributed by atoms with Gasteiger partial charge in [-0.1, -0.05) is 18.2 Å². The van der Waals surface area contributed by atoms with Crippen LogP contribution in [0.15, 0.2) is 24.3 Å². The zero-order valence-corrected chi connectivity index (χ0v) is 11.1. The minimum atomic E-state index is -4.28. The SMILES string of the molecule is CC#CCCC(Cc1cccc(C(F)(F)F)c1)NC. The molecule has 104 valence electrons. The van der Waals surface area contributed by atoms with Crippen LogP contribution in [0.1, 0.15) is 30.9 Å². The third-order valence-electron chi connectivity index (χ3n) is 2.94. The normalized spacial score (nSPS) is 12.7. The molecule has 1 nitrogen and oxygen atoms in total. The Balaban J connectivity index is 2.71. The van der Waals surface area contributed by atoms with Crippen molar-refractivity contribution in [1.82, 2.24) is 5.32 Å². The molecule has 0 saturated heterocycles. The van der Waals surface area contributed by atoms with E-state index in [-0.39, 0.29) is 6.04 Å². The van der Waals surface area contributed by atoms with Gasteiger partial charge in [-0.2, -0.15) is 13.2 Å². The van der Waals surface area contributed by atoms with E-state index in [0.29, 0.717) is 12.0 Å². The van der Waals surface area contributed by atoms with Crippen LogP contribution in [-0.4, -0.2) is 13.1 Å². The van der Waals surface area contributed by atoms with Gasteiger partial charge in [0.2, 0.25) is 0 Å². The molecule has 0 aromatic heterocycles. The Bertz CT molecular complexity index is 454. The molecular formula is C15H18F3N. The third kappa shape index (κ3) is 5.35. The van der Waals surface area contributed by atoms with Gasteiger partial charge in [0.15, 0.2) is 0 Å². The van der Waals surface area contributed by atoms with Gasteiger partial charge in [-0.25, -0.2) is 0 Å². The molecule has 19 heavy (non-hydrogen) atoms. The quantitative estimate of drug-likeness (QED) is 0.805. The molecule has 0 saturated carbocycles. The van der Waals surface area contributed by atoms with Gasteiger partial charge < -0.3 is 5.32 Å². The highest BCUT2D eigenvalue weighted by Gasteiger charge is 2.30. The molecule has 0 heterocycles. The second kappa shape index (κ2) is 7.20. The third-order valence-corrected chi connectivity index (χ3v) is 2.94. The monoisotopic (exact) mass is 269 g/mol. The van der Waals surface area contributed by atoms with Crippen molar-refractivity contribution in [3.63, 3.8) is 0 Å². The lowest BCUT2D eigenvalue weighted by Gasteiger charge is -2.16. The number of hydrogen-bond donors (Lipinski definition) is 1. The van der Waals surface area contributed by atoms with Crippen molar-refractivity contribution in [2.75, 3.05) is 7.05 Å². The fourth-order valence-electron chi connectivity index (χ4n) is 1.88. The molecule has 1 rings (SSSR count). The molecule has 0 aliphatic carbocycles. The summed E-state index contributed by atoms with van der Waals surface area (Å²) in [5.41, 5.74) is 0.104. The summed E-state index contributed by atoms with van der Waals surface area (Å²) in [5, 5.41) is 3.12. The fraction of sp³-hybridized carbons (Fsp3) is 0.467. The maximum atomic E-state index is 12.6. The molecule has 1 aromatic rings. The van der Waals surface area contributed by atoms with E-state index in [4.69, 9.17) is 0 Å². The summed E-state index contributed by atoms with van der Waals surface area (Å²) in [6.07, 6.45) is -2.13. The van der Waals surface area contributed by atoms with Gasteiger partial charge in [-0.3, -0.25) is 0 Å². The summed E-state index contributed by atoms with van der Waals surface area (Å²) in [5.74, 6) is 5.78. The number of benzene rings is 1. The minimum absolute atomic E-state index is 0.143. The van der Waals surface area contributed by atoms with Gasteiger partial charge in [0.25, 0.3) is 0 Å². The van der Waals surface area contributed by atoms with Crippen LogP contribution in [0.2, 0.25) is 0 Å². The van der Waals surface area contributed by atoms with Crippen LogP contribution in [0.5, 0.6) is 0 Å². The van der Waals surface area contributed by atoms with E-state index in [2.05, 4.69) is 17.2 Å². The van der Waals surface area contributed by atoms with Crippen molar-refractivity contribution >= 4 is 0 Å². The number of alkyl halides is 3. The minimum Gasteiger partial charge on any atom is -0.317 e. The van der Waals surface area contributed by atoms with E-state index in [9.17, 15) is 13.2 Å². The summed E-state index contributed by atoms with van der Waals surface area (Å²) >= 11 is 0. The molecule has 0 bridgehead atoms. The highest BCUT2D eigenvalue weighted by Crippen LogP contribution is 2.29. The average molecular weight is 269 g/mol. The summed E-state index contributed by atoms with van der Waals surface area (Å²) in [6, 6.07) is 5.64. The predicted molar refractivity (Wildman–Crippen MR) is 70.7 cm³/mol. The first kappa shape index (κ1) is 15.6. The lowest BCUT2D eigenvalue weighted by atomic mass is 10.00. The molecule has 1 unspecified atom stereocenters. The first-order valence-corrected chi connectivity index (χ1v) is 6.20. The second-order valence-electron chi connectivity index (χ2n) is 4.35. The molecular weight excluding hydrogens is 251 g/mol. The molecule has 0 amide bonds. The Hall–Kier alpha value is -1.47. The highest BCUT2D eigenvalue weighted by molar-refractivity contribution is 5.26. The van der Waals surface area contributed by atoms with Crippen LogP contribution in [0, 0.1) is 11.8 Å². The highest BCUT2D eigenvalue weighted by atomic mass is 19.4. The van der Waals surface area contributed by atoms with E-state index in [0.717, 1.165) is 18.9 Å². The smallest absolute Gasteiger partial charge is 0.317 e. The van der Waals surface area contributed by atoms with Crippen molar-refractivity contribution in [3.05, 3.63) is 35.4 Å². The van der Waals surface area contributed by atoms with Crippen LogP contribution in [0.4, 0.5) is 13.2 Å². The van der Waals surface area contributed by atoms with Crippen LogP contribution < -0.4 is 5.32 Å². The van der Waals surface area contributed by atoms with Crippen LogP contribution in [-0.2, 0) is 12.6 Å². The summed E-state index contributed by atoms with van der Waals surface area (Å²) in [6.45, 7) is 1.78. The van der Waals surface area contributed by atoms with Gasteiger partial charge in [-0.05, 0) is 38.4 Å². The van der Waals surface area contributed by atoms with Crippen molar-refractivity contribution in [3.8, 4) is 11.8 Å². The Kier molecular flexibility index (Phi) is 5.91. The second-order valence-corrected chi connectivity index (χ2v) is 4.35. The average Bonchev–Trinajstić information content (AvgIpc) is 2.37. The number of likely N-dealkylation sites (N-methyl/N-ethyl adjacent to an activating group) is 1.